The minimum absolute atomic E-state index is 0.0834. The number of carbonyl (C=O) groups excluding carboxylic acids is 2. The lowest BCUT2D eigenvalue weighted by Gasteiger charge is -2.33. The number of nitrogens with one attached hydrogen (secondary N) is 1. The smallest absolute Gasteiger partial charge is 0.244 e. The molecule has 0 heterocycles. The normalized spacial score (nSPS) is 12.4. The van der Waals surface area contributed by atoms with Crippen LogP contribution in [-0.2, 0) is 26.2 Å². The predicted octanol–water partition coefficient (Wildman–Crippen LogP) is 3.71. The standard InChI is InChI=1S/C26H37N3O4S/c1-8-23(26(31)27-18(2)3)28(16-22-13-9-11-19(4)15-22)25(30)17-29(34(7,32)33)24-14-10-12-20(5)21(24)6/h9-15,18,23H,8,16-17H2,1-7H3,(H,27,31)/t23-/m0/s1. The number of hydrogen-bond acceptors (Lipinski definition) is 4. The van der Waals surface area contributed by atoms with Crippen LogP contribution in [0.4, 0.5) is 5.69 Å². The van der Waals surface area contributed by atoms with Gasteiger partial charge in [0.15, 0.2) is 0 Å². The Balaban J connectivity index is 2.49. The molecule has 0 saturated carbocycles. The maximum atomic E-state index is 13.7. The van der Waals surface area contributed by atoms with Crippen molar-refractivity contribution in [1.29, 1.82) is 0 Å². The minimum atomic E-state index is -3.75. The zero-order valence-electron chi connectivity index (χ0n) is 21.3. The van der Waals surface area contributed by atoms with Crippen molar-refractivity contribution in [1.82, 2.24) is 10.2 Å². The van der Waals surface area contributed by atoms with Crippen molar-refractivity contribution >= 4 is 27.5 Å². The van der Waals surface area contributed by atoms with E-state index in [1.807, 2.05) is 71.9 Å². The Bertz CT molecular complexity index is 1130. The van der Waals surface area contributed by atoms with Gasteiger partial charge in [0.05, 0.1) is 11.9 Å². The van der Waals surface area contributed by atoms with E-state index in [0.29, 0.717) is 12.1 Å². The predicted molar refractivity (Wildman–Crippen MR) is 137 cm³/mol. The fourth-order valence-electron chi connectivity index (χ4n) is 3.91. The molecular formula is C26H37N3O4S. The van der Waals surface area contributed by atoms with Crippen LogP contribution < -0.4 is 9.62 Å². The van der Waals surface area contributed by atoms with Gasteiger partial charge in [0.1, 0.15) is 12.6 Å². The molecule has 0 radical (unpaired) electrons. The summed E-state index contributed by atoms with van der Waals surface area (Å²) in [6.45, 7) is 11.1. The van der Waals surface area contributed by atoms with Crippen molar-refractivity contribution in [2.24, 2.45) is 0 Å². The van der Waals surface area contributed by atoms with E-state index in [4.69, 9.17) is 0 Å². The SMILES string of the molecule is CC[C@@H](C(=O)NC(C)C)N(Cc1cccc(C)c1)C(=O)CN(c1cccc(C)c1C)S(C)(=O)=O. The molecule has 7 nitrogen and oxygen atoms in total. The number of nitrogens with zero attached hydrogens (tertiary/aromatic N) is 2. The van der Waals surface area contributed by atoms with Gasteiger partial charge < -0.3 is 10.2 Å². The van der Waals surface area contributed by atoms with Gasteiger partial charge in [-0.1, -0.05) is 48.9 Å². The van der Waals surface area contributed by atoms with Crippen molar-refractivity contribution in [2.75, 3.05) is 17.1 Å². The molecule has 0 fully saturated rings. The fraction of sp³-hybridized carbons (Fsp3) is 0.462. The molecule has 2 aromatic carbocycles. The second-order valence-corrected chi connectivity index (χ2v) is 11.0. The van der Waals surface area contributed by atoms with Gasteiger partial charge in [0, 0.05) is 12.6 Å². The van der Waals surface area contributed by atoms with Gasteiger partial charge in [-0.25, -0.2) is 8.42 Å². The van der Waals surface area contributed by atoms with Crippen molar-refractivity contribution in [2.45, 2.75) is 66.6 Å². The molecule has 1 N–H and O–H groups in total. The van der Waals surface area contributed by atoms with E-state index in [0.717, 1.165) is 32.8 Å². The highest BCUT2D eigenvalue weighted by atomic mass is 32.2. The van der Waals surface area contributed by atoms with Gasteiger partial charge in [0.25, 0.3) is 0 Å². The quantitative estimate of drug-likeness (QED) is 0.554. The van der Waals surface area contributed by atoms with Crippen LogP contribution in [0.15, 0.2) is 42.5 Å². The molecule has 0 aliphatic carbocycles. The second-order valence-electron chi connectivity index (χ2n) is 9.09. The molecule has 1 atom stereocenters. The Kier molecular flexibility index (Phi) is 9.27. The molecule has 2 amide bonds. The second kappa shape index (κ2) is 11.5. The summed E-state index contributed by atoms with van der Waals surface area (Å²) in [6.07, 6.45) is 1.49. The first-order valence-electron chi connectivity index (χ1n) is 11.5. The summed E-state index contributed by atoms with van der Waals surface area (Å²) in [6, 6.07) is 12.3. The minimum Gasteiger partial charge on any atom is -0.352 e. The van der Waals surface area contributed by atoms with Gasteiger partial charge >= 0.3 is 0 Å². The van der Waals surface area contributed by atoms with E-state index >= 15 is 0 Å². The third-order valence-electron chi connectivity index (χ3n) is 5.78. The monoisotopic (exact) mass is 487 g/mol. The lowest BCUT2D eigenvalue weighted by Crippen LogP contribution is -2.53. The van der Waals surface area contributed by atoms with E-state index in [1.165, 1.54) is 4.90 Å². The number of rotatable bonds is 10. The van der Waals surface area contributed by atoms with Crippen LogP contribution in [0.5, 0.6) is 0 Å². The van der Waals surface area contributed by atoms with Crippen LogP contribution in [0, 0.1) is 20.8 Å². The Morgan fingerprint density at radius 2 is 1.68 bits per heavy atom. The molecule has 0 saturated heterocycles. The van der Waals surface area contributed by atoms with Crippen molar-refractivity contribution in [3.05, 3.63) is 64.7 Å². The molecule has 0 unspecified atom stereocenters. The summed E-state index contributed by atoms with van der Waals surface area (Å²) < 4.78 is 26.6. The average molecular weight is 488 g/mol. The third-order valence-corrected chi connectivity index (χ3v) is 6.90. The highest BCUT2D eigenvalue weighted by molar-refractivity contribution is 7.92. The molecular weight excluding hydrogens is 450 g/mol. The summed E-state index contributed by atoms with van der Waals surface area (Å²) in [5.74, 6) is -0.685. The Morgan fingerprint density at radius 1 is 1.03 bits per heavy atom. The molecule has 0 aliphatic rings. The van der Waals surface area contributed by atoms with Crippen LogP contribution in [0.25, 0.3) is 0 Å². The molecule has 186 valence electrons. The van der Waals surface area contributed by atoms with Crippen molar-refractivity contribution in [3.8, 4) is 0 Å². The molecule has 34 heavy (non-hydrogen) atoms. The molecule has 2 aromatic rings. The Morgan fingerprint density at radius 3 is 2.24 bits per heavy atom. The lowest BCUT2D eigenvalue weighted by molar-refractivity contribution is -0.140. The zero-order chi connectivity index (χ0) is 25.6. The van der Waals surface area contributed by atoms with E-state index in [2.05, 4.69) is 5.32 Å². The van der Waals surface area contributed by atoms with Crippen LogP contribution >= 0.6 is 0 Å². The number of carbonyl (C=O) groups is 2. The van der Waals surface area contributed by atoms with Gasteiger partial charge in [-0.05, 0) is 63.8 Å². The summed E-state index contributed by atoms with van der Waals surface area (Å²) in [4.78, 5) is 28.2. The largest absolute Gasteiger partial charge is 0.352 e. The van der Waals surface area contributed by atoms with Gasteiger partial charge in [0.2, 0.25) is 21.8 Å². The number of hydrogen-bond donors (Lipinski definition) is 1. The van der Waals surface area contributed by atoms with Gasteiger partial charge in [-0.3, -0.25) is 13.9 Å². The maximum Gasteiger partial charge on any atom is 0.244 e. The Hall–Kier alpha value is -2.87. The highest BCUT2D eigenvalue weighted by Gasteiger charge is 2.32. The van der Waals surface area contributed by atoms with Crippen LogP contribution in [0.1, 0.15) is 49.4 Å². The number of amides is 2. The van der Waals surface area contributed by atoms with Crippen LogP contribution in [0.3, 0.4) is 0 Å². The van der Waals surface area contributed by atoms with Crippen molar-refractivity contribution in [3.63, 3.8) is 0 Å². The average Bonchev–Trinajstić information content (AvgIpc) is 2.72. The fourth-order valence-corrected chi connectivity index (χ4v) is 4.81. The summed E-state index contributed by atoms with van der Waals surface area (Å²) in [5, 5.41) is 2.89. The molecule has 0 spiro atoms. The zero-order valence-corrected chi connectivity index (χ0v) is 22.1. The third kappa shape index (κ3) is 7.06. The number of anilines is 1. The van der Waals surface area contributed by atoms with Crippen molar-refractivity contribution < 1.29 is 18.0 Å². The summed E-state index contributed by atoms with van der Waals surface area (Å²) in [5.41, 5.74) is 4.10. The molecule has 0 bridgehead atoms. The first-order valence-corrected chi connectivity index (χ1v) is 13.4. The summed E-state index contributed by atoms with van der Waals surface area (Å²) in [7, 11) is -3.75. The first-order chi connectivity index (χ1) is 15.8. The lowest BCUT2D eigenvalue weighted by atomic mass is 10.1. The highest BCUT2D eigenvalue weighted by Crippen LogP contribution is 2.25. The summed E-state index contributed by atoms with van der Waals surface area (Å²) >= 11 is 0. The molecule has 2 rings (SSSR count). The maximum absolute atomic E-state index is 13.7. The molecule has 8 heteroatoms. The van der Waals surface area contributed by atoms with E-state index in [1.54, 1.807) is 12.1 Å². The van der Waals surface area contributed by atoms with Crippen LogP contribution in [-0.4, -0.2) is 50.0 Å². The number of sulfonamides is 1. The van der Waals surface area contributed by atoms with Gasteiger partial charge in [-0.15, -0.1) is 0 Å². The van der Waals surface area contributed by atoms with E-state index < -0.39 is 22.0 Å². The number of benzene rings is 2. The Labute approximate surface area is 204 Å². The van der Waals surface area contributed by atoms with E-state index in [9.17, 15) is 18.0 Å². The van der Waals surface area contributed by atoms with Crippen LogP contribution in [0.2, 0.25) is 0 Å². The molecule has 0 aromatic heterocycles. The number of aryl methyl sites for hydroxylation is 2. The van der Waals surface area contributed by atoms with Gasteiger partial charge in [-0.2, -0.15) is 0 Å². The molecule has 0 aliphatic heterocycles. The topological polar surface area (TPSA) is 86.8 Å². The van der Waals surface area contributed by atoms with E-state index in [-0.39, 0.29) is 25.0 Å². The first kappa shape index (κ1) is 27.4.